The first kappa shape index (κ1) is 7.59. The van der Waals surface area contributed by atoms with Crippen molar-refractivity contribution in [2.24, 2.45) is 11.5 Å². The number of rotatable bonds is 1. The van der Waals surface area contributed by atoms with E-state index in [1.807, 2.05) is 0 Å². The molecule has 4 N–H and O–H groups in total. The summed E-state index contributed by atoms with van der Waals surface area (Å²) in [6.45, 7) is 3.23. The van der Waals surface area contributed by atoms with Gasteiger partial charge in [-0.1, -0.05) is 12.3 Å². The number of hydrogen-bond donors (Lipinski definition) is 2. The van der Waals surface area contributed by atoms with Crippen molar-refractivity contribution in [3.8, 4) is 0 Å². The summed E-state index contributed by atoms with van der Waals surface area (Å²) in [7, 11) is 1.44. The van der Waals surface area contributed by atoms with Gasteiger partial charge in [0, 0.05) is 7.05 Å². The van der Waals surface area contributed by atoms with Gasteiger partial charge < -0.3 is 11.5 Å². The summed E-state index contributed by atoms with van der Waals surface area (Å²) in [4.78, 5) is 11.3. The highest BCUT2D eigenvalue weighted by Crippen LogP contribution is 1.86. The number of nitrogens with two attached hydrogens (primary N) is 2. The van der Waals surface area contributed by atoms with Crippen LogP contribution in [0.1, 0.15) is 0 Å². The van der Waals surface area contributed by atoms with Gasteiger partial charge in [0.05, 0.1) is 0 Å². The van der Waals surface area contributed by atoms with Gasteiger partial charge in [-0.3, -0.25) is 4.90 Å². The third-order valence-corrected chi connectivity index (χ3v) is 0.873. The number of carbonyl (C=O) groups excluding carboxylic acids is 1. The van der Waals surface area contributed by atoms with Gasteiger partial charge in [0.1, 0.15) is 0 Å². The molecule has 0 bridgehead atoms. The Kier molecular flexibility index (Phi) is 2.35. The Hall–Kier alpha value is -1.41. The smallest absolute Gasteiger partial charge is 0.320 e. The van der Waals surface area contributed by atoms with E-state index in [4.69, 9.17) is 11.5 Å². The topological polar surface area (TPSA) is 72.3 Å². The van der Waals surface area contributed by atoms with E-state index in [-0.39, 0.29) is 5.82 Å². The second-order valence-electron chi connectivity index (χ2n) is 1.46. The average Bonchev–Trinajstić information content (AvgIpc) is 1.84. The summed E-state index contributed by atoms with van der Waals surface area (Å²) < 4.78 is 0. The minimum Gasteiger partial charge on any atom is -0.378 e. The van der Waals surface area contributed by atoms with Gasteiger partial charge in [-0.2, -0.15) is 0 Å². The fourth-order valence-electron chi connectivity index (χ4n) is 0.237. The Morgan fingerprint density at radius 2 is 2.11 bits per heavy atom. The normalized spacial score (nSPS) is 7.67. The fraction of sp³-hybridized carbons (Fsp3) is 0.200. The van der Waals surface area contributed by atoms with Gasteiger partial charge in [0.2, 0.25) is 0 Å². The van der Waals surface area contributed by atoms with E-state index in [9.17, 15) is 4.79 Å². The lowest BCUT2D eigenvalue weighted by atomic mass is 10.6. The molecule has 9 heavy (non-hydrogen) atoms. The standard InChI is InChI=1S/C5H9N3O/c1-3-4(6)8(2)5(7)9/h1,6H2,2H3,(H2,7,9). The first-order valence-corrected chi connectivity index (χ1v) is 2.28. The molecule has 0 unspecified atom stereocenters. The number of hydrogen-bond acceptors (Lipinski definition) is 2. The van der Waals surface area contributed by atoms with Crippen LogP contribution < -0.4 is 11.5 Å². The number of urea groups is 1. The Balaban J connectivity index is 4.21. The van der Waals surface area contributed by atoms with E-state index in [1.54, 1.807) is 0 Å². The molecular weight excluding hydrogens is 118 g/mol. The number of nitrogens with zero attached hydrogens (tertiary/aromatic N) is 1. The van der Waals surface area contributed by atoms with Gasteiger partial charge in [-0.25, -0.2) is 4.79 Å². The lowest BCUT2D eigenvalue weighted by Crippen LogP contribution is -2.34. The third kappa shape index (κ3) is 1.88. The van der Waals surface area contributed by atoms with Crippen molar-refractivity contribution in [2.45, 2.75) is 0 Å². The molecule has 0 saturated heterocycles. The number of amides is 2. The van der Waals surface area contributed by atoms with E-state index >= 15 is 0 Å². The maximum Gasteiger partial charge on any atom is 0.320 e. The van der Waals surface area contributed by atoms with Crippen molar-refractivity contribution in [1.82, 2.24) is 4.90 Å². The summed E-state index contributed by atoms with van der Waals surface area (Å²) in [5, 5.41) is 0. The maximum absolute atomic E-state index is 10.3. The molecule has 0 fully saturated rings. The lowest BCUT2D eigenvalue weighted by Gasteiger charge is -2.10. The van der Waals surface area contributed by atoms with Crippen LogP contribution in [0.3, 0.4) is 0 Å². The second-order valence-corrected chi connectivity index (χ2v) is 1.46. The molecule has 2 amide bonds. The van der Waals surface area contributed by atoms with Crippen LogP contribution in [-0.2, 0) is 0 Å². The molecule has 0 radical (unpaired) electrons. The van der Waals surface area contributed by atoms with E-state index in [0.29, 0.717) is 0 Å². The predicted molar refractivity (Wildman–Crippen MR) is 34.2 cm³/mol. The van der Waals surface area contributed by atoms with Crippen LogP contribution in [0, 0.1) is 0 Å². The van der Waals surface area contributed by atoms with Crippen LogP contribution in [0.4, 0.5) is 4.79 Å². The first-order valence-electron chi connectivity index (χ1n) is 2.28. The molecule has 0 aromatic carbocycles. The minimum atomic E-state index is -0.622. The monoisotopic (exact) mass is 127 g/mol. The molecule has 4 heteroatoms. The molecule has 0 rings (SSSR count). The lowest BCUT2D eigenvalue weighted by molar-refractivity contribution is 0.228. The number of primary amides is 1. The molecule has 0 aliphatic heterocycles. The molecule has 0 aliphatic carbocycles. The largest absolute Gasteiger partial charge is 0.378 e. The van der Waals surface area contributed by atoms with Gasteiger partial charge in [0.15, 0.2) is 5.82 Å². The van der Waals surface area contributed by atoms with Crippen molar-refractivity contribution < 1.29 is 4.79 Å². The molecule has 0 atom stereocenters. The third-order valence-electron chi connectivity index (χ3n) is 0.873. The van der Waals surface area contributed by atoms with Crippen LogP contribution in [-0.4, -0.2) is 18.0 Å². The van der Waals surface area contributed by atoms with Crippen molar-refractivity contribution in [1.29, 1.82) is 0 Å². The van der Waals surface area contributed by atoms with Crippen LogP contribution in [0.5, 0.6) is 0 Å². The summed E-state index contributed by atoms with van der Waals surface area (Å²) >= 11 is 0. The van der Waals surface area contributed by atoms with Gasteiger partial charge in [0.25, 0.3) is 0 Å². The van der Waals surface area contributed by atoms with Crippen molar-refractivity contribution in [2.75, 3.05) is 7.05 Å². The van der Waals surface area contributed by atoms with Crippen molar-refractivity contribution in [3.05, 3.63) is 18.1 Å². The van der Waals surface area contributed by atoms with Crippen molar-refractivity contribution in [3.63, 3.8) is 0 Å². The predicted octanol–water partition coefficient (Wildman–Crippen LogP) is -0.418. The summed E-state index contributed by atoms with van der Waals surface area (Å²) in [5.41, 5.74) is 12.3. The highest BCUT2D eigenvalue weighted by atomic mass is 16.2. The van der Waals surface area contributed by atoms with E-state index in [0.717, 1.165) is 4.90 Å². The Bertz CT molecular complexity index is 169. The maximum atomic E-state index is 10.3. The summed E-state index contributed by atoms with van der Waals surface area (Å²) in [5.74, 6) is 0.127. The second kappa shape index (κ2) is 2.79. The quantitative estimate of drug-likeness (QED) is 0.469. The van der Waals surface area contributed by atoms with Crippen molar-refractivity contribution >= 4 is 6.03 Å². The molecule has 0 spiro atoms. The molecule has 4 nitrogen and oxygen atoms in total. The van der Waals surface area contributed by atoms with Crippen LogP contribution >= 0.6 is 0 Å². The molecule has 0 saturated carbocycles. The first-order chi connectivity index (χ1) is 4.09. The van der Waals surface area contributed by atoms with Crippen LogP contribution in [0.25, 0.3) is 0 Å². The van der Waals surface area contributed by atoms with Gasteiger partial charge in [-0.15, -0.1) is 0 Å². The van der Waals surface area contributed by atoms with E-state index in [1.165, 1.54) is 7.05 Å². The fourth-order valence-corrected chi connectivity index (χ4v) is 0.237. The van der Waals surface area contributed by atoms with Gasteiger partial charge >= 0.3 is 6.03 Å². The molecule has 50 valence electrons. The number of carbonyl (C=O) groups is 1. The average molecular weight is 127 g/mol. The summed E-state index contributed by atoms with van der Waals surface area (Å²) in [6, 6.07) is -0.622. The molecular formula is C5H9N3O. The van der Waals surface area contributed by atoms with E-state index in [2.05, 4.69) is 12.3 Å². The SMILES string of the molecule is C=C=C(N)N(C)C(N)=O. The molecule has 0 aromatic heterocycles. The van der Waals surface area contributed by atoms with Crippen LogP contribution in [0.2, 0.25) is 0 Å². The highest BCUT2D eigenvalue weighted by molar-refractivity contribution is 5.73. The van der Waals surface area contributed by atoms with Crippen LogP contribution in [0.15, 0.2) is 18.1 Å². The zero-order chi connectivity index (χ0) is 7.44. The zero-order valence-corrected chi connectivity index (χ0v) is 5.22. The Labute approximate surface area is 53.4 Å². The zero-order valence-electron chi connectivity index (χ0n) is 5.22. The Morgan fingerprint density at radius 3 is 2.22 bits per heavy atom. The summed E-state index contributed by atoms with van der Waals surface area (Å²) in [6.07, 6.45) is 0. The van der Waals surface area contributed by atoms with Gasteiger partial charge in [-0.05, 0) is 0 Å². The minimum absolute atomic E-state index is 0.127. The molecule has 0 heterocycles. The van der Waals surface area contributed by atoms with E-state index < -0.39 is 6.03 Å². The molecule has 0 aromatic rings. The highest BCUT2D eigenvalue weighted by Gasteiger charge is 2.02. The Morgan fingerprint density at radius 1 is 1.67 bits per heavy atom. The molecule has 0 aliphatic rings.